The van der Waals surface area contributed by atoms with Crippen LogP contribution < -0.4 is 41.3 Å². The molecule has 0 fully saturated rings. The predicted octanol–water partition coefficient (Wildman–Crippen LogP) is -2.56. The van der Waals surface area contributed by atoms with Crippen LogP contribution in [-0.2, 0) is 22.7 Å². The number of carbonyl (C=O) groups excluding carboxylic acids is 4. The highest BCUT2D eigenvalue weighted by Gasteiger charge is 2.25. The first kappa shape index (κ1) is 39.1. The lowest BCUT2D eigenvalue weighted by molar-refractivity contribution is -0.688. The second-order valence-electron chi connectivity index (χ2n) is 12.1. The van der Waals surface area contributed by atoms with Crippen LogP contribution in [0.3, 0.4) is 0 Å². The van der Waals surface area contributed by atoms with Crippen molar-refractivity contribution < 1.29 is 48.4 Å². The Bertz CT molecular complexity index is 1910. The van der Waals surface area contributed by atoms with Crippen molar-refractivity contribution in [2.75, 3.05) is 19.6 Å². The topological polar surface area (TPSA) is 205 Å². The summed E-state index contributed by atoms with van der Waals surface area (Å²) in [5.74, 6) is -1.96. The first-order valence-corrected chi connectivity index (χ1v) is 16.6. The number of nitrogens with one attached hydrogen (secondary N) is 4. The second kappa shape index (κ2) is 19.1. The Kier molecular flexibility index (Phi) is 14.4. The molecule has 2 aromatic heterocycles. The molecule has 0 saturated carbocycles. The van der Waals surface area contributed by atoms with E-state index >= 15 is 0 Å². The van der Waals surface area contributed by atoms with Gasteiger partial charge in [-0.25, -0.2) is 0 Å². The minimum atomic E-state index is -1.67. The molecular weight excluding hydrogens is 666 g/mol. The fraction of sp³-hybridized carbons (Fsp3) is 0.222. The summed E-state index contributed by atoms with van der Waals surface area (Å²) in [6.45, 7) is 5.87. The molecule has 1 unspecified atom stereocenters. The normalized spacial score (nSPS) is 11.2. The average Bonchev–Trinajstić information content (AvgIpc) is 3.13. The minimum Gasteiger partial charge on any atom is -0.423 e. The number of aromatic nitrogens is 2. The van der Waals surface area contributed by atoms with E-state index in [-0.39, 0.29) is 49.8 Å². The predicted molar refractivity (Wildman–Crippen MR) is 193 cm³/mol. The summed E-state index contributed by atoms with van der Waals surface area (Å²) in [6, 6.07) is 18.9. The van der Waals surface area contributed by atoms with Gasteiger partial charge in [-0.05, 0) is 36.4 Å². The van der Waals surface area contributed by atoms with Crippen molar-refractivity contribution in [3.63, 3.8) is 0 Å². The van der Waals surface area contributed by atoms with Gasteiger partial charge in [0.1, 0.15) is 17.2 Å². The molecule has 8 N–H and O–H groups in total. The van der Waals surface area contributed by atoms with Crippen LogP contribution in [0, 0.1) is 0 Å². The quantitative estimate of drug-likeness (QED) is 0.0253. The van der Waals surface area contributed by atoms with Crippen LogP contribution in [0.2, 0.25) is 0 Å². The molecule has 4 rings (SSSR count). The molecule has 0 aliphatic heterocycles. The van der Waals surface area contributed by atoms with Crippen molar-refractivity contribution in [3.8, 4) is 0 Å². The minimum absolute atomic E-state index is 0.180. The highest BCUT2D eigenvalue weighted by Crippen LogP contribution is 2.03. The van der Waals surface area contributed by atoms with Gasteiger partial charge in [-0.2, -0.15) is 9.13 Å². The third kappa shape index (κ3) is 11.4. The maximum absolute atomic E-state index is 13.5. The van der Waals surface area contributed by atoms with Crippen LogP contribution in [0.15, 0.2) is 110 Å². The Morgan fingerprint density at radius 1 is 0.692 bits per heavy atom. The third-order valence-corrected chi connectivity index (χ3v) is 8.03. The maximum atomic E-state index is 13.5. The average molecular weight is 708 g/mol. The Labute approximate surface area is 302 Å². The van der Waals surface area contributed by atoms with Gasteiger partial charge in [0.05, 0.1) is 0 Å². The lowest BCUT2D eigenvalue weighted by Crippen LogP contribution is -2.53. The van der Waals surface area contributed by atoms with Gasteiger partial charge in [0.25, 0.3) is 11.8 Å². The third-order valence-electron chi connectivity index (χ3n) is 8.03. The molecule has 0 radical (unpaired) electrons. The first-order valence-electron chi connectivity index (χ1n) is 16.6. The van der Waals surface area contributed by atoms with Gasteiger partial charge < -0.3 is 41.4 Å². The highest BCUT2D eigenvalue weighted by molar-refractivity contribution is 6.59. The number of benzene rings is 2. The van der Waals surface area contributed by atoms with Gasteiger partial charge in [-0.15, -0.1) is 0 Å². The summed E-state index contributed by atoms with van der Waals surface area (Å²) >= 11 is 0. The molecule has 268 valence electrons. The van der Waals surface area contributed by atoms with E-state index in [4.69, 9.17) is 0 Å². The smallest absolute Gasteiger partial charge is 0.423 e. The summed E-state index contributed by atoms with van der Waals surface area (Å²) in [7, 11) is -3.33. The molecule has 0 spiro atoms. The number of amides is 4. The molecule has 2 heterocycles. The zero-order valence-corrected chi connectivity index (χ0v) is 28.7. The fourth-order valence-corrected chi connectivity index (χ4v) is 5.29. The van der Waals surface area contributed by atoms with Crippen LogP contribution in [0.1, 0.15) is 45.2 Å². The molecular formula is C36H42B2N6O8+2. The lowest BCUT2D eigenvalue weighted by Gasteiger charge is -2.19. The molecule has 1 atom stereocenters. The standard InChI is InChI=1S/C36H40B2N6O8/c1-25(2)33(45)39-16-9-17-40-36(48)32(42-35(47)29-13-8-19-44(24-29)22-27-11-4-6-15-31(27)38(51)52)20-41-34(46)28-12-7-18-43(23-28)21-26-10-3-5-14-30(26)37(49)50/h3-8,10-15,18-19,23-24,32,49-52H,1,9,16-17,20-22H2,2H3,(H2-2,39,40,41,42,45,46,47,48)/p+2. The SMILES string of the molecule is C=C(C)C(=O)NCCCNC(=O)C(CNC(=O)c1ccc[n+](Cc2ccccc2B(O)O)c1)NC(=O)c1ccc[n+](Cc2ccccc2B(O)O)c1. The van der Waals surface area contributed by atoms with E-state index in [1.165, 1.54) is 0 Å². The molecule has 4 amide bonds. The number of rotatable bonds is 17. The monoisotopic (exact) mass is 708 g/mol. The number of hydrogen-bond acceptors (Lipinski definition) is 8. The Balaban J connectivity index is 1.46. The Morgan fingerprint density at radius 2 is 1.19 bits per heavy atom. The van der Waals surface area contributed by atoms with E-state index in [0.717, 1.165) is 0 Å². The van der Waals surface area contributed by atoms with Crippen molar-refractivity contribution in [1.82, 2.24) is 21.3 Å². The molecule has 0 bridgehead atoms. The molecule has 52 heavy (non-hydrogen) atoms. The van der Waals surface area contributed by atoms with E-state index in [9.17, 15) is 39.3 Å². The van der Waals surface area contributed by atoms with E-state index in [2.05, 4.69) is 27.8 Å². The highest BCUT2D eigenvalue weighted by atomic mass is 16.4. The van der Waals surface area contributed by atoms with Gasteiger partial charge in [0, 0.05) is 48.5 Å². The van der Waals surface area contributed by atoms with Gasteiger partial charge in [-0.1, -0.05) is 55.1 Å². The zero-order chi connectivity index (χ0) is 37.6. The van der Waals surface area contributed by atoms with Crippen LogP contribution in [0.4, 0.5) is 0 Å². The molecule has 16 heteroatoms. The van der Waals surface area contributed by atoms with Crippen molar-refractivity contribution in [3.05, 3.63) is 132 Å². The summed E-state index contributed by atoms with van der Waals surface area (Å²) in [5.41, 5.74) is 2.79. The van der Waals surface area contributed by atoms with Gasteiger partial charge in [0.2, 0.25) is 11.8 Å². The Morgan fingerprint density at radius 3 is 1.71 bits per heavy atom. The summed E-state index contributed by atoms with van der Waals surface area (Å²) in [4.78, 5) is 51.9. The summed E-state index contributed by atoms with van der Waals surface area (Å²) < 4.78 is 3.40. The van der Waals surface area contributed by atoms with E-state index in [1.807, 2.05) is 0 Å². The summed E-state index contributed by atoms with van der Waals surface area (Å²) in [6.07, 6.45) is 6.99. The number of hydrogen-bond donors (Lipinski definition) is 8. The second-order valence-corrected chi connectivity index (χ2v) is 12.1. The first-order chi connectivity index (χ1) is 24.9. The van der Waals surface area contributed by atoms with Crippen LogP contribution in [-0.4, -0.2) is 83.6 Å². The molecule has 2 aromatic carbocycles. The van der Waals surface area contributed by atoms with Gasteiger partial charge >= 0.3 is 14.2 Å². The molecule has 0 aliphatic carbocycles. The van der Waals surface area contributed by atoms with Gasteiger partial charge in [-0.3, -0.25) is 19.2 Å². The largest absolute Gasteiger partial charge is 0.488 e. The van der Waals surface area contributed by atoms with Gasteiger partial charge in [0.15, 0.2) is 37.9 Å². The molecule has 14 nitrogen and oxygen atoms in total. The van der Waals surface area contributed by atoms with Crippen molar-refractivity contribution in [2.24, 2.45) is 0 Å². The van der Waals surface area contributed by atoms with Crippen LogP contribution in [0.5, 0.6) is 0 Å². The van der Waals surface area contributed by atoms with E-state index < -0.39 is 38.0 Å². The van der Waals surface area contributed by atoms with E-state index in [1.54, 1.807) is 114 Å². The number of nitrogens with zero attached hydrogens (tertiary/aromatic N) is 2. The van der Waals surface area contributed by atoms with Crippen LogP contribution >= 0.6 is 0 Å². The number of carbonyl (C=O) groups is 4. The van der Waals surface area contributed by atoms with E-state index in [0.29, 0.717) is 34.0 Å². The molecule has 0 aliphatic rings. The summed E-state index contributed by atoms with van der Waals surface area (Å²) in [5, 5.41) is 49.8. The van der Waals surface area contributed by atoms with Crippen LogP contribution in [0.25, 0.3) is 0 Å². The maximum Gasteiger partial charge on any atom is 0.488 e. The zero-order valence-electron chi connectivity index (χ0n) is 28.7. The number of pyridine rings is 2. The fourth-order valence-electron chi connectivity index (χ4n) is 5.29. The van der Waals surface area contributed by atoms with Crippen molar-refractivity contribution in [1.29, 1.82) is 0 Å². The molecule has 4 aromatic rings. The van der Waals surface area contributed by atoms with Crippen molar-refractivity contribution in [2.45, 2.75) is 32.5 Å². The van der Waals surface area contributed by atoms with Crippen molar-refractivity contribution >= 4 is 48.8 Å². The Hall–Kier alpha value is -5.67. The molecule has 0 saturated heterocycles. The lowest BCUT2D eigenvalue weighted by atomic mass is 9.77.